The number of rotatable bonds is 4. The highest BCUT2D eigenvalue weighted by Gasteiger charge is 2.30. The molecule has 2 aliphatic rings. The van der Waals surface area contributed by atoms with Crippen LogP contribution in [-0.4, -0.2) is 34.3 Å². The van der Waals surface area contributed by atoms with Gasteiger partial charge in [0.2, 0.25) is 0 Å². The summed E-state index contributed by atoms with van der Waals surface area (Å²) < 4.78 is 2.18. The Hall–Kier alpha value is -2.59. The lowest BCUT2D eigenvalue weighted by atomic mass is 9.90. The molecule has 0 amide bonds. The quantitative estimate of drug-likeness (QED) is 0.697. The summed E-state index contributed by atoms with van der Waals surface area (Å²) in [6.07, 6.45) is 3.49. The Bertz CT molecular complexity index is 997. The van der Waals surface area contributed by atoms with Crippen LogP contribution in [0.5, 0.6) is 0 Å². The maximum Gasteiger partial charge on any atom is 0.133 e. The van der Waals surface area contributed by atoms with E-state index in [0.29, 0.717) is 5.92 Å². The molecule has 2 aromatic carbocycles. The van der Waals surface area contributed by atoms with Gasteiger partial charge in [0.05, 0.1) is 11.4 Å². The molecule has 0 unspecified atom stereocenters. The molecule has 2 aliphatic heterocycles. The smallest absolute Gasteiger partial charge is 0.133 e. The number of nitrogens with one attached hydrogen (secondary N) is 1. The van der Waals surface area contributed by atoms with E-state index in [9.17, 15) is 0 Å². The van der Waals surface area contributed by atoms with Crippen molar-refractivity contribution in [3.05, 3.63) is 76.5 Å². The Kier molecular flexibility index (Phi) is 4.88. The molecule has 4 nitrogen and oxygen atoms in total. The Morgan fingerprint density at radius 1 is 1.00 bits per heavy atom. The Morgan fingerprint density at radius 3 is 2.59 bits per heavy atom. The fourth-order valence-corrected chi connectivity index (χ4v) is 4.87. The van der Waals surface area contributed by atoms with Crippen LogP contribution in [0.4, 0.5) is 5.82 Å². The Morgan fingerprint density at radius 2 is 1.79 bits per heavy atom. The normalized spacial score (nSPS) is 17.3. The average molecular weight is 387 g/mol. The minimum Gasteiger partial charge on any atom is -0.369 e. The van der Waals surface area contributed by atoms with Crippen LogP contribution < -0.4 is 5.32 Å². The van der Waals surface area contributed by atoms with Gasteiger partial charge in [0.25, 0.3) is 0 Å². The molecule has 5 rings (SSSR count). The fraction of sp³-hybridized carbons (Fsp3) is 0.400. The van der Waals surface area contributed by atoms with Crippen LogP contribution in [0.15, 0.2) is 48.5 Å². The van der Waals surface area contributed by atoms with Gasteiger partial charge in [0.15, 0.2) is 0 Å². The number of aromatic nitrogens is 2. The van der Waals surface area contributed by atoms with E-state index in [1.807, 2.05) is 0 Å². The van der Waals surface area contributed by atoms with Crippen molar-refractivity contribution in [2.45, 2.75) is 45.6 Å². The molecule has 0 aliphatic carbocycles. The van der Waals surface area contributed by atoms with Crippen molar-refractivity contribution in [1.29, 1.82) is 0 Å². The number of aryl methyl sites for hydroxylation is 1. The van der Waals surface area contributed by atoms with E-state index in [1.54, 1.807) is 0 Å². The van der Waals surface area contributed by atoms with E-state index >= 15 is 0 Å². The minimum atomic E-state index is 0.571. The molecule has 3 heterocycles. The summed E-state index contributed by atoms with van der Waals surface area (Å²) in [5.74, 6) is 1.79. The summed E-state index contributed by atoms with van der Waals surface area (Å²) in [5, 5.41) is 8.78. The van der Waals surface area contributed by atoms with Crippen LogP contribution >= 0.6 is 0 Å². The number of fused-ring (bicyclic) bond motifs is 1. The molecule has 1 fully saturated rings. The highest BCUT2D eigenvalue weighted by atomic mass is 15.3. The number of hydrogen-bond donors (Lipinski definition) is 1. The summed E-state index contributed by atoms with van der Waals surface area (Å²) in [6.45, 7) is 8.77. The zero-order valence-electron chi connectivity index (χ0n) is 17.5. The molecular formula is C25H30N4. The molecule has 29 heavy (non-hydrogen) atoms. The molecule has 4 heteroatoms. The minimum absolute atomic E-state index is 0.571. The van der Waals surface area contributed by atoms with Crippen LogP contribution in [0.25, 0.3) is 5.69 Å². The lowest BCUT2D eigenvalue weighted by Gasteiger charge is -2.31. The first-order valence-electron chi connectivity index (χ1n) is 10.9. The van der Waals surface area contributed by atoms with Crippen molar-refractivity contribution in [2.75, 3.05) is 25.0 Å². The molecule has 1 aromatic heterocycles. The third-order valence-corrected chi connectivity index (χ3v) is 6.71. The maximum atomic E-state index is 5.17. The molecule has 0 saturated carbocycles. The van der Waals surface area contributed by atoms with E-state index in [4.69, 9.17) is 5.10 Å². The first-order chi connectivity index (χ1) is 14.2. The van der Waals surface area contributed by atoms with Crippen LogP contribution in [0, 0.1) is 13.8 Å². The SMILES string of the molecule is Cc1cccc(-n2nc(C3CCN(Cc4ccccc4)CC3)c3c2NCC3)c1C. The van der Waals surface area contributed by atoms with E-state index in [1.165, 1.54) is 52.3 Å². The van der Waals surface area contributed by atoms with Crippen molar-refractivity contribution < 1.29 is 0 Å². The summed E-state index contributed by atoms with van der Waals surface area (Å²) >= 11 is 0. The molecule has 1 N–H and O–H groups in total. The summed E-state index contributed by atoms with van der Waals surface area (Å²) in [5.41, 5.74) is 8.05. The van der Waals surface area contributed by atoms with Crippen molar-refractivity contribution >= 4 is 5.82 Å². The lowest BCUT2D eigenvalue weighted by Crippen LogP contribution is -2.32. The predicted octanol–water partition coefficient (Wildman–Crippen LogP) is 4.84. The van der Waals surface area contributed by atoms with Crippen LogP contribution in [0.1, 0.15) is 46.7 Å². The molecular weight excluding hydrogens is 356 g/mol. The maximum absolute atomic E-state index is 5.17. The second-order valence-electron chi connectivity index (χ2n) is 8.56. The second kappa shape index (κ2) is 7.68. The number of hydrogen-bond acceptors (Lipinski definition) is 3. The van der Waals surface area contributed by atoms with Crippen molar-refractivity contribution in [3.63, 3.8) is 0 Å². The molecule has 0 spiro atoms. The molecule has 3 aromatic rings. The van der Waals surface area contributed by atoms with Gasteiger partial charge in [-0.1, -0.05) is 42.5 Å². The zero-order chi connectivity index (χ0) is 19.8. The number of nitrogens with zero attached hydrogens (tertiary/aromatic N) is 3. The van der Waals surface area contributed by atoms with Gasteiger partial charge in [-0.05, 0) is 69.0 Å². The molecule has 150 valence electrons. The van der Waals surface area contributed by atoms with E-state index in [0.717, 1.165) is 32.6 Å². The van der Waals surface area contributed by atoms with E-state index < -0.39 is 0 Å². The highest BCUT2D eigenvalue weighted by molar-refractivity contribution is 5.59. The Labute approximate surface area is 173 Å². The zero-order valence-corrected chi connectivity index (χ0v) is 17.5. The van der Waals surface area contributed by atoms with Gasteiger partial charge in [0, 0.05) is 24.6 Å². The number of likely N-dealkylation sites (tertiary alicyclic amines) is 1. The largest absolute Gasteiger partial charge is 0.369 e. The topological polar surface area (TPSA) is 33.1 Å². The lowest BCUT2D eigenvalue weighted by molar-refractivity contribution is 0.203. The third-order valence-electron chi connectivity index (χ3n) is 6.71. The first kappa shape index (κ1) is 18.4. The van der Waals surface area contributed by atoms with E-state index in [-0.39, 0.29) is 0 Å². The third kappa shape index (κ3) is 3.46. The van der Waals surface area contributed by atoms with Crippen LogP contribution in [-0.2, 0) is 13.0 Å². The molecule has 0 bridgehead atoms. The summed E-state index contributed by atoms with van der Waals surface area (Å²) in [6, 6.07) is 17.4. The molecule has 1 saturated heterocycles. The molecule has 0 atom stereocenters. The summed E-state index contributed by atoms with van der Waals surface area (Å²) in [7, 11) is 0. The van der Waals surface area contributed by atoms with Gasteiger partial charge >= 0.3 is 0 Å². The average Bonchev–Trinajstić information content (AvgIpc) is 3.35. The van der Waals surface area contributed by atoms with Gasteiger partial charge in [-0.3, -0.25) is 4.90 Å². The fourth-order valence-electron chi connectivity index (χ4n) is 4.87. The van der Waals surface area contributed by atoms with Crippen molar-refractivity contribution in [1.82, 2.24) is 14.7 Å². The number of benzene rings is 2. The highest BCUT2D eigenvalue weighted by Crippen LogP contribution is 2.37. The first-order valence-corrected chi connectivity index (χ1v) is 10.9. The second-order valence-corrected chi connectivity index (χ2v) is 8.56. The van der Waals surface area contributed by atoms with Crippen molar-refractivity contribution in [2.24, 2.45) is 0 Å². The van der Waals surface area contributed by atoms with Crippen molar-refractivity contribution in [3.8, 4) is 5.69 Å². The van der Waals surface area contributed by atoms with Gasteiger partial charge in [-0.25, -0.2) is 4.68 Å². The van der Waals surface area contributed by atoms with E-state index in [2.05, 4.69) is 77.3 Å². The number of piperidine rings is 1. The monoisotopic (exact) mass is 386 g/mol. The number of anilines is 1. The predicted molar refractivity (Wildman–Crippen MR) is 119 cm³/mol. The standard InChI is InChI=1S/C25H30N4/c1-18-7-6-10-23(19(18)2)29-25-22(11-14-26-25)24(27-29)21-12-15-28(16-13-21)17-20-8-4-3-5-9-20/h3-10,21,26H,11-17H2,1-2H3. The van der Waals surface area contributed by atoms with Gasteiger partial charge in [0.1, 0.15) is 5.82 Å². The van der Waals surface area contributed by atoms with Crippen LogP contribution in [0.2, 0.25) is 0 Å². The van der Waals surface area contributed by atoms with Gasteiger partial charge < -0.3 is 5.32 Å². The van der Waals surface area contributed by atoms with Gasteiger partial charge in [-0.15, -0.1) is 0 Å². The summed E-state index contributed by atoms with van der Waals surface area (Å²) in [4.78, 5) is 2.59. The molecule has 0 radical (unpaired) electrons. The Balaban J connectivity index is 1.37. The van der Waals surface area contributed by atoms with Gasteiger partial charge in [-0.2, -0.15) is 5.10 Å². The van der Waals surface area contributed by atoms with Crippen LogP contribution in [0.3, 0.4) is 0 Å².